The lowest BCUT2D eigenvalue weighted by Gasteiger charge is -2.07. The first-order valence-corrected chi connectivity index (χ1v) is 4.72. The third kappa shape index (κ3) is 3.46. The van der Waals surface area contributed by atoms with Gasteiger partial charge < -0.3 is 10.1 Å². The van der Waals surface area contributed by atoms with Gasteiger partial charge >= 0.3 is 0 Å². The van der Waals surface area contributed by atoms with Crippen molar-refractivity contribution in [3.05, 3.63) is 35.9 Å². The highest BCUT2D eigenvalue weighted by atomic mass is 16.5. The fourth-order valence-corrected chi connectivity index (χ4v) is 1.18. The zero-order valence-corrected chi connectivity index (χ0v) is 9.20. The molecular weight excluding hydrogens is 190 g/mol. The number of ether oxygens (including phenoxy) is 1. The average Bonchev–Trinajstić information content (AvgIpc) is 2.17. The van der Waals surface area contributed by atoms with Gasteiger partial charge in [-0.15, -0.1) is 0 Å². The van der Waals surface area contributed by atoms with E-state index in [0.29, 0.717) is 11.4 Å². The predicted octanol–water partition coefficient (Wildman–Crippen LogP) is 2.60. The predicted molar refractivity (Wildman–Crippen MR) is 61.1 cm³/mol. The van der Waals surface area contributed by atoms with E-state index in [1.54, 1.807) is 25.3 Å². The molecule has 0 atom stereocenters. The molecule has 0 aliphatic heterocycles. The number of carbonyl (C=O) groups excluding carboxylic acids is 1. The van der Waals surface area contributed by atoms with Crippen LogP contribution in [0.5, 0.6) is 5.75 Å². The number of benzene rings is 1. The summed E-state index contributed by atoms with van der Waals surface area (Å²) in [6.07, 6.45) is 1.55. The Morgan fingerprint density at radius 1 is 1.33 bits per heavy atom. The molecule has 0 aliphatic carbocycles. The Bertz CT molecular complexity index is 379. The second-order valence-electron chi connectivity index (χ2n) is 3.41. The lowest BCUT2D eigenvalue weighted by molar-refractivity contribution is -0.112. The number of nitrogens with one attached hydrogen (secondary N) is 1. The number of rotatable bonds is 3. The summed E-state index contributed by atoms with van der Waals surface area (Å²) in [4.78, 5) is 11.4. The Balaban J connectivity index is 2.80. The van der Waals surface area contributed by atoms with Crippen LogP contribution < -0.4 is 10.1 Å². The molecule has 1 rings (SSSR count). The zero-order chi connectivity index (χ0) is 11.3. The molecule has 0 spiro atoms. The van der Waals surface area contributed by atoms with Crippen molar-refractivity contribution in [3.63, 3.8) is 0 Å². The van der Waals surface area contributed by atoms with Gasteiger partial charge in [0.2, 0.25) is 5.91 Å². The lowest BCUT2D eigenvalue weighted by atomic mass is 10.2. The molecule has 1 aromatic rings. The fourth-order valence-electron chi connectivity index (χ4n) is 1.18. The molecule has 0 saturated heterocycles. The second-order valence-corrected chi connectivity index (χ2v) is 3.41. The molecule has 3 nitrogen and oxygen atoms in total. The third-order valence-electron chi connectivity index (χ3n) is 1.78. The van der Waals surface area contributed by atoms with Crippen LogP contribution in [0.4, 0.5) is 5.69 Å². The highest BCUT2D eigenvalue weighted by Gasteiger charge is 2.03. The Morgan fingerprint density at radius 2 is 2.00 bits per heavy atom. The number of anilines is 1. The van der Waals surface area contributed by atoms with Crippen molar-refractivity contribution >= 4 is 11.6 Å². The van der Waals surface area contributed by atoms with Crippen molar-refractivity contribution in [1.29, 1.82) is 0 Å². The van der Waals surface area contributed by atoms with E-state index in [1.807, 2.05) is 26.0 Å². The van der Waals surface area contributed by atoms with Crippen molar-refractivity contribution in [2.75, 3.05) is 12.4 Å². The summed E-state index contributed by atoms with van der Waals surface area (Å²) < 4.78 is 5.12. The highest BCUT2D eigenvalue weighted by Crippen LogP contribution is 2.22. The molecule has 0 saturated carbocycles. The van der Waals surface area contributed by atoms with Crippen LogP contribution in [0.2, 0.25) is 0 Å². The van der Waals surface area contributed by atoms with Crippen molar-refractivity contribution in [1.82, 2.24) is 0 Å². The normalized spacial score (nSPS) is 9.27. The van der Waals surface area contributed by atoms with Crippen LogP contribution in [0.25, 0.3) is 0 Å². The molecule has 0 bridgehead atoms. The van der Waals surface area contributed by atoms with Gasteiger partial charge in [0, 0.05) is 6.08 Å². The van der Waals surface area contributed by atoms with E-state index in [2.05, 4.69) is 5.32 Å². The quantitative estimate of drug-likeness (QED) is 0.770. The molecule has 1 amide bonds. The first-order chi connectivity index (χ1) is 7.13. The van der Waals surface area contributed by atoms with Crippen molar-refractivity contribution in [3.8, 4) is 5.75 Å². The fraction of sp³-hybridized carbons (Fsp3) is 0.250. The summed E-state index contributed by atoms with van der Waals surface area (Å²) in [5, 5.41) is 2.75. The minimum absolute atomic E-state index is 0.139. The van der Waals surface area contributed by atoms with E-state index >= 15 is 0 Å². The number of carbonyl (C=O) groups is 1. The molecular formula is C12H15NO2. The van der Waals surface area contributed by atoms with Crippen LogP contribution in [-0.2, 0) is 4.79 Å². The van der Waals surface area contributed by atoms with Gasteiger partial charge in [-0.25, -0.2) is 0 Å². The monoisotopic (exact) mass is 205 g/mol. The van der Waals surface area contributed by atoms with Crippen LogP contribution in [0, 0.1) is 0 Å². The van der Waals surface area contributed by atoms with Gasteiger partial charge in [0.05, 0.1) is 12.8 Å². The minimum atomic E-state index is -0.139. The first kappa shape index (κ1) is 11.3. The summed E-state index contributed by atoms with van der Waals surface area (Å²) in [5.41, 5.74) is 1.64. The van der Waals surface area contributed by atoms with E-state index < -0.39 is 0 Å². The highest BCUT2D eigenvalue weighted by molar-refractivity contribution is 6.00. The zero-order valence-electron chi connectivity index (χ0n) is 9.20. The molecule has 3 heteroatoms. The van der Waals surface area contributed by atoms with Gasteiger partial charge in [0.1, 0.15) is 5.75 Å². The summed E-state index contributed by atoms with van der Waals surface area (Å²) in [5.74, 6) is 0.521. The standard InChI is InChI=1S/C12H15NO2/c1-9(2)8-12(14)13-10-6-4-5-7-11(10)15-3/h4-8H,1-3H3,(H,13,14). The van der Waals surface area contributed by atoms with E-state index in [4.69, 9.17) is 4.74 Å². The third-order valence-corrected chi connectivity index (χ3v) is 1.78. The van der Waals surface area contributed by atoms with Crippen LogP contribution in [0.1, 0.15) is 13.8 Å². The molecule has 1 N–H and O–H groups in total. The van der Waals surface area contributed by atoms with Gasteiger partial charge in [-0.3, -0.25) is 4.79 Å². The van der Waals surface area contributed by atoms with E-state index in [1.165, 1.54) is 0 Å². The van der Waals surface area contributed by atoms with Crippen molar-refractivity contribution in [2.45, 2.75) is 13.8 Å². The van der Waals surface area contributed by atoms with Crippen molar-refractivity contribution < 1.29 is 9.53 Å². The van der Waals surface area contributed by atoms with E-state index in [9.17, 15) is 4.79 Å². The average molecular weight is 205 g/mol. The number of hydrogen-bond donors (Lipinski definition) is 1. The Morgan fingerprint density at radius 3 is 2.60 bits per heavy atom. The maximum atomic E-state index is 11.4. The van der Waals surface area contributed by atoms with Gasteiger partial charge in [-0.1, -0.05) is 17.7 Å². The largest absolute Gasteiger partial charge is 0.495 e. The van der Waals surface area contributed by atoms with Crippen molar-refractivity contribution in [2.24, 2.45) is 0 Å². The van der Waals surface area contributed by atoms with Crippen LogP contribution in [0.3, 0.4) is 0 Å². The molecule has 1 aromatic carbocycles. The first-order valence-electron chi connectivity index (χ1n) is 4.72. The molecule has 80 valence electrons. The smallest absolute Gasteiger partial charge is 0.248 e. The lowest BCUT2D eigenvalue weighted by Crippen LogP contribution is -2.09. The van der Waals surface area contributed by atoms with Gasteiger partial charge in [-0.2, -0.15) is 0 Å². The van der Waals surface area contributed by atoms with E-state index in [0.717, 1.165) is 5.57 Å². The van der Waals surface area contributed by atoms with Gasteiger partial charge in [0.15, 0.2) is 0 Å². The summed E-state index contributed by atoms with van der Waals surface area (Å²) in [7, 11) is 1.58. The molecule has 0 radical (unpaired) electrons. The number of amides is 1. The number of para-hydroxylation sites is 2. The van der Waals surface area contributed by atoms with Crippen LogP contribution >= 0.6 is 0 Å². The Kier molecular flexibility index (Phi) is 3.92. The van der Waals surface area contributed by atoms with Gasteiger partial charge in [-0.05, 0) is 26.0 Å². The number of hydrogen-bond acceptors (Lipinski definition) is 2. The molecule has 0 fully saturated rings. The minimum Gasteiger partial charge on any atom is -0.495 e. The summed E-state index contributed by atoms with van der Waals surface area (Å²) in [6.45, 7) is 3.75. The molecule has 0 aromatic heterocycles. The maximum absolute atomic E-state index is 11.4. The Labute approximate surface area is 89.8 Å². The maximum Gasteiger partial charge on any atom is 0.248 e. The number of allylic oxidation sites excluding steroid dienone is 1. The van der Waals surface area contributed by atoms with Gasteiger partial charge in [0.25, 0.3) is 0 Å². The second kappa shape index (κ2) is 5.20. The SMILES string of the molecule is COc1ccccc1NC(=O)C=C(C)C. The molecule has 0 aliphatic rings. The molecule has 0 heterocycles. The molecule has 15 heavy (non-hydrogen) atoms. The topological polar surface area (TPSA) is 38.3 Å². The van der Waals surface area contributed by atoms with Crippen LogP contribution in [-0.4, -0.2) is 13.0 Å². The number of methoxy groups -OCH3 is 1. The van der Waals surface area contributed by atoms with Crippen LogP contribution in [0.15, 0.2) is 35.9 Å². The summed E-state index contributed by atoms with van der Waals surface area (Å²) >= 11 is 0. The Hall–Kier alpha value is -1.77. The van der Waals surface area contributed by atoms with E-state index in [-0.39, 0.29) is 5.91 Å². The molecule has 0 unspecified atom stereocenters. The summed E-state index contributed by atoms with van der Waals surface area (Å²) in [6, 6.07) is 7.31.